The third kappa shape index (κ3) is 4.67. The number of hydrogen-bond acceptors (Lipinski definition) is 6. The lowest BCUT2D eigenvalue weighted by Crippen LogP contribution is -2.39. The maximum absolute atomic E-state index is 12.3. The maximum Gasteiger partial charge on any atom is 0.415 e. The zero-order chi connectivity index (χ0) is 17.0. The molecule has 0 bridgehead atoms. The van der Waals surface area contributed by atoms with Crippen molar-refractivity contribution in [2.45, 2.75) is 18.8 Å². The van der Waals surface area contributed by atoms with Crippen molar-refractivity contribution in [2.75, 3.05) is 20.7 Å². The van der Waals surface area contributed by atoms with Gasteiger partial charge in [0.15, 0.2) is 6.10 Å². The minimum absolute atomic E-state index is 0.00368. The van der Waals surface area contributed by atoms with Gasteiger partial charge in [-0.15, -0.1) is 0 Å². The number of halogens is 3. The van der Waals surface area contributed by atoms with Crippen LogP contribution in [0.5, 0.6) is 5.75 Å². The molecular formula is C14H16F3N3O3. The van der Waals surface area contributed by atoms with Crippen molar-refractivity contribution in [3.05, 3.63) is 30.2 Å². The summed E-state index contributed by atoms with van der Waals surface area (Å²) in [4.78, 5) is 5.38. The summed E-state index contributed by atoms with van der Waals surface area (Å²) in [5.74, 6) is 1.17. The first-order chi connectivity index (χ1) is 10.8. The van der Waals surface area contributed by atoms with Gasteiger partial charge in [-0.1, -0.05) is 5.16 Å². The van der Waals surface area contributed by atoms with Gasteiger partial charge in [-0.05, 0) is 31.3 Å². The molecule has 1 heterocycles. The second-order valence-corrected chi connectivity index (χ2v) is 4.99. The minimum Gasteiger partial charge on any atom is -0.497 e. The molecule has 1 aromatic heterocycles. The molecule has 0 saturated carbocycles. The highest BCUT2D eigenvalue weighted by Gasteiger charge is 2.38. The SMILES string of the molecule is COc1ccc(-c2noc(CN(C)CC(O)C(F)(F)F)n2)cc1. The lowest BCUT2D eigenvalue weighted by Gasteiger charge is -2.20. The Kier molecular flexibility index (Phi) is 5.22. The van der Waals surface area contributed by atoms with Crippen LogP contribution in [0.2, 0.25) is 0 Å². The van der Waals surface area contributed by atoms with Crippen molar-refractivity contribution in [2.24, 2.45) is 0 Å². The highest BCUT2D eigenvalue weighted by atomic mass is 19.4. The van der Waals surface area contributed by atoms with E-state index >= 15 is 0 Å². The Balaban J connectivity index is 1.98. The number of rotatable bonds is 6. The number of aliphatic hydroxyl groups excluding tert-OH is 1. The third-order valence-corrected chi connectivity index (χ3v) is 3.08. The summed E-state index contributed by atoms with van der Waals surface area (Å²) < 4.78 is 46.9. The number of methoxy groups -OCH3 is 1. The van der Waals surface area contributed by atoms with Crippen molar-refractivity contribution in [1.82, 2.24) is 15.0 Å². The predicted molar refractivity (Wildman–Crippen MR) is 74.7 cm³/mol. The van der Waals surface area contributed by atoms with Crippen LogP contribution in [0.3, 0.4) is 0 Å². The van der Waals surface area contributed by atoms with Gasteiger partial charge in [-0.25, -0.2) is 0 Å². The summed E-state index contributed by atoms with van der Waals surface area (Å²) in [6.45, 7) is -0.583. The van der Waals surface area contributed by atoms with E-state index in [4.69, 9.17) is 14.4 Å². The molecule has 1 unspecified atom stereocenters. The summed E-state index contributed by atoms with van der Waals surface area (Å²) in [7, 11) is 2.97. The van der Waals surface area contributed by atoms with Crippen LogP contribution in [0.4, 0.5) is 13.2 Å². The van der Waals surface area contributed by atoms with Gasteiger partial charge in [0, 0.05) is 12.1 Å². The van der Waals surface area contributed by atoms with Gasteiger partial charge in [-0.2, -0.15) is 18.2 Å². The second-order valence-electron chi connectivity index (χ2n) is 4.99. The van der Waals surface area contributed by atoms with Crippen LogP contribution < -0.4 is 4.74 Å². The molecule has 0 aliphatic rings. The number of alkyl halides is 3. The maximum atomic E-state index is 12.3. The first-order valence-electron chi connectivity index (χ1n) is 6.70. The predicted octanol–water partition coefficient (Wildman–Crippen LogP) is 2.10. The van der Waals surface area contributed by atoms with E-state index < -0.39 is 18.8 Å². The average Bonchev–Trinajstić information content (AvgIpc) is 2.94. The quantitative estimate of drug-likeness (QED) is 0.874. The van der Waals surface area contributed by atoms with E-state index in [-0.39, 0.29) is 12.4 Å². The minimum atomic E-state index is -4.66. The van der Waals surface area contributed by atoms with E-state index in [0.717, 1.165) is 0 Å². The van der Waals surface area contributed by atoms with E-state index in [1.165, 1.54) is 11.9 Å². The van der Waals surface area contributed by atoms with E-state index in [1.807, 2.05) is 0 Å². The second kappa shape index (κ2) is 6.97. The Morgan fingerprint density at radius 3 is 2.52 bits per heavy atom. The van der Waals surface area contributed by atoms with Crippen molar-refractivity contribution in [3.8, 4) is 17.1 Å². The largest absolute Gasteiger partial charge is 0.497 e. The van der Waals surface area contributed by atoms with Gasteiger partial charge in [0.05, 0.1) is 13.7 Å². The summed E-state index contributed by atoms with van der Waals surface area (Å²) in [6.07, 6.45) is -7.08. The number of hydrogen-bond donors (Lipinski definition) is 1. The van der Waals surface area contributed by atoms with E-state index in [9.17, 15) is 13.2 Å². The summed E-state index contributed by atoms with van der Waals surface area (Å²) in [5.41, 5.74) is 0.693. The molecule has 0 fully saturated rings. The number of likely N-dealkylation sites (N-methyl/N-ethyl adjacent to an activating group) is 1. The molecule has 2 rings (SSSR count). The Morgan fingerprint density at radius 1 is 1.30 bits per heavy atom. The Morgan fingerprint density at radius 2 is 1.96 bits per heavy atom. The molecule has 0 spiro atoms. The topological polar surface area (TPSA) is 71.6 Å². The van der Waals surface area contributed by atoms with Crippen LogP contribution in [-0.4, -0.2) is 53.1 Å². The van der Waals surface area contributed by atoms with E-state index in [1.54, 1.807) is 31.4 Å². The number of ether oxygens (including phenoxy) is 1. The first-order valence-corrected chi connectivity index (χ1v) is 6.70. The smallest absolute Gasteiger partial charge is 0.415 e. The van der Waals surface area contributed by atoms with E-state index in [0.29, 0.717) is 17.1 Å². The molecular weight excluding hydrogens is 315 g/mol. The van der Waals surface area contributed by atoms with Gasteiger partial charge in [-0.3, -0.25) is 4.90 Å². The highest BCUT2D eigenvalue weighted by molar-refractivity contribution is 5.55. The van der Waals surface area contributed by atoms with Gasteiger partial charge < -0.3 is 14.4 Å². The molecule has 0 aliphatic heterocycles. The first kappa shape index (κ1) is 17.2. The van der Waals surface area contributed by atoms with Crippen molar-refractivity contribution in [3.63, 3.8) is 0 Å². The Hall–Kier alpha value is -2.13. The fraction of sp³-hybridized carbons (Fsp3) is 0.429. The molecule has 0 saturated heterocycles. The zero-order valence-electron chi connectivity index (χ0n) is 12.5. The normalized spacial score (nSPS) is 13.3. The lowest BCUT2D eigenvalue weighted by molar-refractivity contribution is -0.207. The van der Waals surface area contributed by atoms with Crippen molar-refractivity contribution < 1.29 is 27.5 Å². The molecule has 1 atom stereocenters. The summed E-state index contributed by atoms with van der Waals surface area (Å²) in [6, 6.07) is 6.95. The molecule has 6 nitrogen and oxygen atoms in total. The van der Waals surface area contributed by atoms with Gasteiger partial charge in [0.1, 0.15) is 5.75 Å². The van der Waals surface area contributed by atoms with Crippen LogP contribution in [0, 0.1) is 0 Å². The van der Waals surface area contributed by atoms with Crippen molar-refractivity contribution in [1.29, 1.82) is 0 Å². The van der Waals surface area contributed by atoms with Crippen LogP contribution in [0.1, 0.15) is 5.89 Å². The molecule has 23 heavy (non-hydrogen) atoms. The number of aromatic nitrogens is 2. The molecule has 0 radical (unpaired) electrons. The highest BCUT2D eigenvalue weighted by Crippen LogP contribution is 2.22. The van der Waals surface area contributed by atoms with Crippen LogP contribution in [0.25, 0.3) is 11.4 Å². The van der Waals surface area contributed by atoms with Crippen molar-refractivity contribution >= 4 is 0 Å². The van der Waals surface area contributed by atoms with Crippen LogP contribution in [0.15, 0.2) is 28.8 Å². The number of nitrogens with zero attached hydrogens (tertiary/aromatic N) is 3. The Bertz CT molecular complexity index is 628. The van der Waals surface area contributed by atoms with Gasteiger partial charge >= 0.3 is 6.18 Å². The van der Waals surface area contributed by atoms with Crippen LogP contribution in [-0.2, 0) is 6.54 Å². The lowest BCUT2D eigenvalue weighted by atomic mass is 10.2. The van der Waals surface area contributed by atoms with Gasteiger partial charge in [0.2, 0.25) is 11.7 Å². The zero-order valence-corrected chi connectivity index (χ0v) is 12.5. The molecule has 2 aromatic rings. The monoisotopic (exact) mass is 331 g/mol. The summed E-state index contributed by atoms with van der Waals surface area (Å²) >= 11 is 0. The van der Waals surface area contributed by atoms with Gasteiger partial charge in [0.25, 0.3) is 0 Å². The molecule has 126 valence electrons. The fourth-order valence-electron chi connectivity index (χ4n) is 1.87. The molecule has 9 heteroatoms. The molecule has 1 N–H and O–H groups in total. The Labute approximate surface area is 130 Å². The average molecular weight is 331 g/mol. The molecule has 0 aliphatic carbocycles. The molecule has 0 amide bonds. The number of benzene rings is 1. The van der Waals surface area contributed by atoms with Crippen LogP contribution >= 0.6 is 0 Å². The number of aliphatic hydroxyl groups is 1. The molecule has 1 aromatic carbocycles. The third-order valence-electron chi connectivity index (χ3n) is 3.08. The standard InChI is InChI=1S/C14H16F3N3O3/c1-20(7-11(21)14(15,16)17)8-12-18-13(19-23-12)9-3-5-10(22-2)6-4-9/h3-6,11,21H,7-8H2,1-2H3. The fourth-order valence-corrected chi connectivity index (χ4v) is 1.87. The van der Waals surface area contributed by atoms with E-state index in [2.05, 4.69) is 10.1 Å². The summed E-state index contributed by atoms with van der Waals surface area (Å²) in [5, 5.41) is 12.8.